The number of quaternary nitrogens is 1. The molecule has 3 N–H and O–H groups in total. The van der Waals surface area contributed by atoms with Crippen LogP contribution in [0.3, 0.4) is 0 Å². The van der Waals surface area contributed by atoms with Crippen molar-refractivity contribution in [2.24, 2.45) is 0 Å². The van der Waals surface area contributed by atoms with Crippen LogP contribution in [0.2, 0.25) is 0 Å². The van der Waals surface area contributed by atoms with Crippen molar-refractivity contribution in [3.05, 3.63) is 72.9 Å². The molecular weight excluding hydrogens is 1060 g/mol. The Labute approximate surface area is 523 Å². The van der Waals surface area contributed by atoms with Crippen LogP contribution in [0, 0.1) is 0 Å². The van der Waals surface area contributed by atoms with Gasteiger partial charge in [-0.3, -0.25) is 13.8 Å². The second-order valence-electron chi connectivity index (χ2n) is 25.9. The highest BCUT2D eigenvalue weighted by molar-refractivity contribution is 7.47. The molecule has 0 heterocycles. The maximum absolute atomic E-state index is 13.0. The number of nitrogens with zero attached hydrogens (tertiary/aromatic N) is 1. The summed E-state index contributed by atoms with van der Waals surface area (Å²) in [6, 6.07) is -0.872. The van der Waals surface area contributed by atoms with Gasteiger partial charge in [0, 0.05) is 6.42 Å². The van der Waals surface area contributed by atoms with Crippen molar-refractivity contribution in [1.29, 1.82) is 0 Å². The number of unbranched alkanes of at least 4 members (excludes halogenated alkanes) is 44. The van der Waals surface area contributed by atoms with Gasteiger partial charge in [-0.15, -0.1) is 0 Å². The first-order chi connectivity index (χ1) is 41.0. The van der Waals surface area contributed by atoms with E-state index in [9.17, 15) is 19.4 Å². The first-order valence-corrected chi connectivity index (χ1v) is 37.8. The SMILES string of the molecule is CCCCCCC/C=C\C/C=C\C/C=C\CCCCCCCCCCCCCCCCCCCCCCCCCCC(=O)NC(COP(=O)(O)OCC[N+](C)(C)C)C(O)/C=C/CC/C=C/CC/C=C/CCCCCCCCCCCCCCC. The molecule has 0 radical (unpaired) electrons. The predicted molar refractivity (Wildman–Crippen MR) is 369 cm³/mol. The minimum absolute atomic E-state index is 0.0534. The number of phosphoric acid groups is 1. The highest BCUT2D eigenvalue weighted by atomic mass is 31.2. The Hall–Kier alpha value is -2.06. The standard InChI is InChI=1S/C75H141N2O6P/c1-6-8-10-12-14-16-18-20-22-24-26-28-30-31-32-33-34-35-36-37-38-39-40-41-42-43-44-45-47-49-51-53-55-57-59-61-63-65-67-69-75(79)76-73(72-83-84(80,81)82-71-70-77(3,4)5)74(78)68-66-64-62-60-58-56-54-52-50-48-46-29-27-25-23-21-19-17-15-13-11-9-7-2/h18,20,24,26,30-31,50,52,58,60,66,68,73-74,78H,6-17,19,21-23,25,27-29,32-49,51,53-57,59,61-65,67,69-72H2,1-5H3,(H-,76,79,80,81)/p+1/b20-18-,26-24-,31-30-,52-50+,60-58+,68-66+. The highest BCUT2D eigenvalue weighted by Gasteiger charge is 2.28. The topological polar surface area (TPSA) is 105 Å². The van der Waals surface area contributed by atoms with Crippen LogP contribution in [0.25, 0.3) is 0 Å². The third-order valence-corrected chi connectivity index (χ3v) is 17.4. The van der Waals surface area contributed by atoms with Gasteiger partial charge in [0.05, 0.1) is 39.9 Å². The number of aliphatic hydroxyl groups is 1. The first kappa shape index (κ1) is 81.9. The molecule has 0 aliphatic carbocycles. The Morgan fingerprint density at radius 1 is 0.405 bits per heavy atom. The van der Waals surface area contributed by atoms with Crippen molar-refractivity contribution in [1.82, 2.24) is 5.32 Å². The Bertz CT molecular complexity index is 1600. The van der Waals surface area contributed by atoms with Crippen LogP contribution in [0.5, 0.6) is 0 Å². The first-order valence-electron chi connectivity index (χ1n) is 36.3. The van der Waals surface area contributed by atoms with E-state index in [1.165, 1.54) is 270 Å². The van der Waals surface area contributed by atoms with Gasteiger partial charge < -0.3 is 19.8 Å². The molecule has 3 unspecified atom stereocenters. The van der Waals surface area contributed by atoms with Gasteiger partial charge in [-0.05, 0) is 83.5 Å². The van der Waals surface area contributed by atoms with Crippen LogP contribution < -0.4 is 5.32 Å². The van der Waals surface area contributed by atoms with E-state index in [4.69, 9.17) is 9.05 Å². The van der Waals surface area contributed by atoms with Gasteiger partial charge in [0.2, 0.25) is 5.91 Å². The summed E-state index contributed by atoms with van der Waals surface area (Å²) in [6.45, 7) is 4.81. The van der Waals surface area contributed by atoms with Gasteiger partial charge >= 0.3 is 7.82 Å². The van der Waals surface area contributed by atoms with Crippen LogP contribution in [-0.4, -0.2) is 73.4 Å². The van der Waals surface area contributed by atoms with Crippen LogP contribution in [0.4, 0.5) is 0 Å². The van der Waals surface area contributed by atoms with Crippen molar-refractivity contribution in [2.75, 3.05) is 40.9 Å². The molecule has 84 heavy (non-hydrogen) atoms. The number of rotatable bonds is 67. The van der Waals surface area contributed by atoms with E-state index in [-0.39, 0.29) is 19.1 Å². The highest BCUT2D eigenvalue weighted by Crippen LogP contribution is 2.43. The second kappa shape index (κ2) is 65.4. The van der Waals surface area contributed by atoms with Crippen LogP contribution in [-0.2, 0) is 18.4 Å². The molecule has 3 atom stereocenters. The molecule has 8 nitrogen and oxygen atoms in total. The monoisotopic (exact) mass is 1200 g/mol. The van der Waals surface area contributed by atoms with Gasteiger partial charge in [0.1, 0.15) is 13.2 Å². The maximum atomic E-state index is 13.0. The Balaban J connectivity index is 4.01. The zero-order valence-corrected chi connectivity index (χ0v) is 57.3. The molecule has 0 aliphatic rings. The smallest absolute Gasteiger partial charge is 0.387 e. The third-order valence-electron chi connectivity index (χ3n) is 16.4. The zero-order valence-electron chi connectivity index (χ0n) is 56.4. The lowest BCUT2D eigenvalue weighted by atomic mass is 10.0. The van der Waals surface area contributed by atoms with E-state index in [2.05, 4.69) is 79.9 Å². The van der Waals surface area contributed by atoms with E-state index in [0.717, 1.165) is 57.8 Å². The summed E-state index contributed by atoms with van der Waals surface area (Å²) < 4.78 is 23.8. The zero-order chi connectivity index (χ0) is 61.2. The molecule has 0 aromatic rings. The van der Waals surface area contributed by atoms with Crippen LogP contribution in [0.15, 0.2) is 72.9 Å². The van der Waals surface area contributed by atoms with Gasteiger partial charge in [-0.1, -0.05) is 331 Å². The number of allylic oxidation sites excluding steroid dienone is 11. The number of hydrogen-bond donors (Lipinski definition) is 3. The fourth-order valence-electron chi connectivity index (χ4n) is 10.7. The van der Waals surface area contributed by atoms with Crippen molar-refractivity contribution < 1.29 is 32.9 Å². The van der Waals surface area contributed by atoms with Gasteiger partial charge in [0.15, 0.2) is 0 Å². The number of carbonyl (C=O) groups is 1. The van der Waals surface area contributed by atoms with Crippen molar-refractivity contribution in [3.8, 4) is 0 Å². The number of phosphoric ester groups is 1. The molecule has 9 heteroatoms. The number of nitrogens with one attached hydrogen (secondary N) is 1. The van der Waals surface area contributed by atoms with E-state index in [1.807, 2.05) is 27.2 Å². The van der Waals surface area contributed by atoms with E-state index in [1.54, 1.807) is 6.08 Å². The van der Waals surface area contributed by atoms with E-state index in [0.29, 0.717) is 17.4 Å². The molecule has 0 aliphatic heterocycles. The fraction of sp³-hybridized carbons (Fsp3) is 0.827. The lowest BCUT2D eigenvalue weighted by molar-refractivity contribution is -0.870. The summed E-state index contributed by atoms with van der Waals surface area (Å²) >= 11 is 0. The second-order valence-corrected chi connectivity index (χ2v) is 27.4. The van der Waals surface area contributed by atoms with Gasteiger partial charge in [-0.2, -0.15) is 0 Å². The Morgan fingerprint density at radius 2 is 0.690 bits per heavy atom. The average Bonchev–Trinajstić information content (AvgIpc) is 3.56. The number of hydrogen-bond acceptors (Lipinski definition) is 5. The van der Waals surface area contributed by atoms with E-state index < -0.39 is 20.0 Å². The number of likely N-dealkylation sites (N-methyl/N-ethyl adjacent to an activating group) is 1. The summed E-state index contributed by atoms with van der Waals surface area (Å²) in [5.41, 5.74) is 0. The molecule has 0 aromatic carbocycles. The Morgan fingerprint density at radius 3 is 1.04 bits per heavy atom. The molecule has 0 rings (SSSR count). The molecule has 0 fully saturated rings. The molecule has 0 bridgehead atoms. The summed E-state index contributed by atoms with van der Waals surface area (Å²) in [4.78, 5) is 23.4. The molecular formula is C75H142N2O6P+. The lowest BCUT2D eigenvalue weighted by Gasteiger charge is -2.25. The minimum Gasteiger partial charge on any atom is -0.387 e. The fourth-order valence-corrected chi connectivity index (χ4v) is 11.5. The average molecular weight is 1200 g/mol. The van der Waals surface area contributed by atoms with Crippen molar-refractivity contribution >= 4 is 13.7 Å². The predicted octanol–water partition coefficient (Wildman–Crippen LogP) is 23.3. The summed E-state index contributed by atoms with van der Waals surface area (Å²) in [5, 5.41) is 14.0. The van der Waals surface area contributed by atoms with Crippen molar-refractivity contribution in [2.45, 2.75) is 360 Å². The van der Waals surface area contributed by atoms with Gasteiger partial charge in [0.25, 0.3) is 0 Å². The van der Waals surface area contributed by atoms with Crippen LogP contribution in [0.1, 0.15) is 348 Å². The molecule has 492 valence electrons. The molecule has 0 aromatic heterocycles. The normalized spacial score (nSPS) is 14.0. The van der Waals surface area contributed by atoms with E-state index >= 15 is 0 Å². The maximum Gasteiger partial charge on any atom is 0.472 e. The molecule has 1 amide bonds. The number of aliphatic hydroxyl groups excluding tert-OH is 1. The number of carbonyl (C=O) groups excluding carboxylic acids is 1. The van der Waals surface area contributed by atoms with Crippen LogP contribution >= 0.6 is 7.82 Å². The molecule has 0 saturated heterocycles. The lowest BCUT2D eigenvalue weighted by Crippen LogP contribution is -2.45. The van der Waals surface area contributed by atoms with Crippen molar-refractivity contribution in [3.63, 3.8) is 0 Å². The summed E-state index contributed by atoms with van der Waals surface area (Å²) in [6.07, 6.45) is 92.1. The number of amides is 1. The third kappa shape index (κ3) is 67.4. The quantitative estimate of drug-likeness (QED) is 0.0243. The largest absolute Gasteiger partial charge is 0.472 e. The summed E-state index contributed by atoms with van der Waals surface area (Å²) in [7, 11) is 1.56. The Kier molecular flexibility index (Phi) is 63.8. The molecule has 0 saturated carbocycles. The van der Waals surface area contributed by atoms with Gasteiger partial charge in [-0.25, -0.2) is 4.57 Å². The summed E-state index contributed by atoms with van der Waals surface area (Å²) in [5.74, 6) is -0.186. The molecule has 0 spiro atoms. The minimum atomic E-state index is -4.37.